The third-order valence-corrected chi connectivity index (χ3v) is 7.91. The van der Waals surface area contributed by atoms with Gasteiger partial charge >= 0.3 is 5.97 Å². The smallest absolute Gasteiger partial charge is 0.327 e. The molecule has 2 atom stereocenters. The third-order valence-electron chi connectivity index (χ3n) is 6.55. The van der Waals surface area contributed by atoms with Crippen molar-refractivity contribution in [2.45, 2.75) is 18.2 Å². The Bertz CT molecular complexity index is 1610. The van der Waals surface area contributed by atoms with Gasteiger partial charge in [-0.15, -0.1) is 0 Å². The predicted octanol–water partition coefficient (Wildman–Crippen LogP) is 5.36. The van der Waals surface area contributed by atoms with Crippen molar-refractivity contribution in [3.05, 3.63) is 127 Å². The van der Waals surface area contributed by atoms with Crippen molar-refractivity contribution in [1.29, 1.82) is 0 Å². The number of aromatic nitrogens is 1. The number of nitrogens with zero attached hydrogens (tertiary/aromatic N) is 1. The first kappa shape index (κ1) is 26.1. The highest BCUT2D eigenvalue weighted by Gasteiger charge is 2.23. The van der Waals surface area contributed by atoms with Gasteiger partial charge in [0.2, 0.25) is 5.91 Å². The molecule has 39 heavy (non-hydrogen) atoms. The van der Waals surface area contributed by atoms with Crippen molar-refractivity contribution in [3.8, 4) is 16.8 Å². The number of carbonyl (C=O) groups is 2. The number of hydrogen-bond acceptors (Lipinski definition) is 3. The average molecular weight is 537 g/mol. The second kappa shape index (κ2) is 11.9. The molecule has 1 amide bonds. The van der Waals surface area contributed by atoms with Gasteiger partial charge < -0.3 is 15.0 Å². The van der Waals surface area contributed by atoms with Crippen LogP contribution in [0.15, 0.2) is 115 Å². The maximum atomic E-state index is 12.8. The predicted molar refractivity (Wildman–Crippen MR) is 155 cm³/mol. The summed E-state index contributed by atoms with van der Waals surface area (Å²) in [5, 5.41) is 13.2. The molecule has 1 heterocycles. The largest absolute Gasteiger partial charge is 0.480 e. The minimum absolute atomic E-state index is 0.0712. The molecule has 5 aromatic rings. The van der Waals surface area contributed by atoms with Crippen molar-refractivity contribution >= 4 is 33.6 Å². The lowest BCUT2D eigenvalue weighted by molar-refractivity contribution is -0.141. The minimum Gasteiger partial charge on any atom is -0.480 e. The fraction of sp³-hybridized carbons (Fsp3) is 0.125. The quantitative estimate of drug-likeness (QED) is 0.252. The van der Waals surface area contributed by atoms with Crippen LogP contribution >= 0.6 is 0 Å². The molecule has 0 aliphatic rings. The molecule has 6 nitrogen and oxygen atoms in total. The number of aliphatic carboxylic acids is 1. The summed E-state index contributed by atoms with van der Waals surface area (Å²) in [6.07, 6.45) is 2.14. The maximum absolute atomic E-state index is 12.8. The molecular weight excluding hydrogens is 508 g/mol. The first-order chi connectivity index (χ1) is 19.0. The van der Waals surface area contributed by atoms with E-state index in [1.54, 1.807) is 12.1 Å². The van der Waals surface area contributed by atoms with Gasteiger partial charge in [0.15, 0.2) is 0 Å². The molecule has 1 aromatic heterocycles. The van der Waals surface area contributed by atoms with E-state index in [0.717, 1.165) is 33.5 Å². The number of carboxylic acid groups (broad SMARTS) is 1. The lowest BCUT2D eigenvalue weighted by Gasteiger charge is -2.14. The second-order valence-corrected chi connectivity index (χ2v) is 10.9. The molecule has 196 valence electrons. The number of carboxylic acids is 1. The van der Waals surface area contributed by atoms with E-state index in [-0.39, 0.29) is 17.9 Å². The van der Waals surface area contributed by atoms with Crippen LogP contribution in [0.1, 0.15) is 11.1 Å². The lowest BCUT2D eigenvalue weighted by atomic mass is 10.0. The zero-order valence-electron chi connectivity index (χ0n) is 21.2. The monoisotopic (exact) mass is 536 g/mol. The van der Waals surface area contributed by atoms with Crippen molar-refractivity contribution in [1.82, 2.24) is 9.88 Å². The molecule has 0 saturated carbocycles. The van der Waals surface area contributed by atoms with Crippen LogP contribution in [-0.4, -0.2) is 37.6 Å². The molecule has 0 fully saturated rings. The van der Waals surface area contributed by atoms with E-state index in [4.69, 9.17) is 0 Å². The highest BCUT2D eigenvalue weighted by atomic mass is 32.2. The number of carbonyl (C=O) groups excluding carboxylic acids is 1. The number of nitrogens with one attached hydrogen (secondary N) is 1. The Morgan fingerprint density at radius 2 is 1.41 bits per heavy atom. The Balaban J connectivity index is 1.19. The number of hydrogen-bond donors (Lipinski definition) is 2. The van der Waals surface area contributed by atoms with Crippen LogP contribution in [-0.2, 0) is 32.6 Å². The van der Waals surface area contributed by atoms with Gasteiger partial charge in [0, 0.05) is 28.4 Å². The molecule has 0 saturated heterocycles. The Morgan fingerprint density at radius 3 is 2.10 bits per heavy atom. The number of amides is 1. The third kappa shape index (κ3) is 6.51. The van der Waals surface area contributed by atoms with Gasteiger partial charge in [-0.1, -0.05) is 84.9 Å². The number of rotatable bonds is 10. The van der Waals surface area contributed by atoms with Gasteiger partial charge in [0.25, 0.3) is 0 Å². The Hall–Kier alpha value is -4.49. The fourth-order valence-corrected chi connectivity index (χ4v) is 5.83. The SMILES string of the molecule is O=C(Cc1ccccc1)N[C@@H](CS(=O)Cc1ccc(-c2ccc(-n3ccc4ccccc43)cc2)cc1)C(=O)O. The van der Waals surface area contributed by atoms with Crippen molar-refractivity contribution in [2.75, 3.05) is 5.75 Å². The first-order valence-electron chi connectivity index (χ1n) is 12.6. The van der Waals surface area contributed by atoms with E-state index in [1.165, 1.54) is 5.39 Å². The fourth-order valence-electron chi connectivity index (χ4n) is 4.55. The van der Waals surface area contributed by atoms with Gasteiger partial charge in [-0.3, -0.25) is 9.00 Å². The minimum atomic E-state index is -1.47. The summed E-state index contributed by atoms with van der Waals surface area (Å²) in [5.41, 5.74) is 5.96. The number of fused-ring (bicyclic) bond motifs is 1. The van der Waals surface area contributed by atoms with Gasteiger partial charge in [-0.25, -0.2) is 4.79 Å². The second-order valence-electron chi connectivity index (χ2n) is 9.36. The molecule has 7 heteroatoms. The van der Waals surface area contributed by atoms with E-state index < -0.39 is 28.7 Å². The summed E-state index contributed by atoms with van der Waals surface area (Å²) in [7, 11) is -1.47. The first-order valence-corrected chi connectivity index (χ1v) is 14.1. The molecule has 4 aromatic carbocycles. The molecule has 0 radical (unpaired) electrons. The summed E-state index contributed by atoms with van der Waals surface area (Å²) in [4.78, 5) is 24.0. The summed E-state index contributed by atoms with van der Waals surface area (Å²) in [6.45, 7) is 0. The number of benzene rings is 4. The van der Waals surface area contributed by atoms with Crippen LogP contribution in [0.4, 0.5) is 0 Å². The van der Waals surface area contributed by atoms with E-state index >= 15 is 0 Å². The Labute approximate surface area is 229 Å². The summed E-state index contributed by atoms with van der Waals surface area (Å²) in [6, 6.07) is 34.3. The van der Waals surface area contributed by atoms with Crippen molar-refractivity contribution in [3.63, 3.8) is 0 Å². The molecule has 5 rings (SSSR count). The topological polar surface area (TPSA) is 88.4 Å². The summed E-state index contributed by atoms with van der Waals surface area (Å²) in [5.74, 6) is -1.56. The van der Waals surface area contributed by atoms with E-state index in [0.29, 0.717) is 0 Å². The van der Waals surface area contributed by atoms with Gasteiger partial charge in [-0.2, -0.15) is 0 Å². The van der Waals surface area contributed by atoms with E-state index in [2.05, 4.69) is 58.5 Å². The van der Waals surface area contributed by atoms with Crippen molar-refractivity contribution in [2.24, 2.45) is 0 Å². The van der Waals surface area contributed by atoms with Gasteiger partial charge in [0.1, 0.15) is 6.04 Å². The van der Waals surface area contributed by atoms with Crippen LogP contribution in [0.3, 0.4) is 0 Å². The lowest BCUT2D eigenvalue weighted by Crippen LogP contribution is -2.45. The summed E-state index contributed by atoms with van der Waals surface area (Å²) >= 11 is 0. The zero-order valence-corrected chi connectivity index (χ0v) is 22.0. The molecule has 1 unspecified atom stereocenters. The average Bonchev–Trinajstić information content (AvgIpc) is 3.38. The normalized spacial score (nSPS) is 12.6. The zero-order chi connectivity index (χ0) is 27.2. The van der Waals surface area contributed by atoms with Crippen LogP contribution < -0.4 is 5.32 Å². The van der Waals surface area contributed by atoms with Crippen LogP contribution in [0.2, 0.25) is 0 Å². The molecule has 0 bridgehead atoms. The van der Waals surface area contributed by atoms with E-state index in [1.807, 2.05) is 54.6 Å². The molecule has 0 aliphatic carbocycles. The molecular formula is C32H28N2O4S. The Morgan fingerprint density at radius 1 is 0.769 bits per heavy atom. The highest BCUT2D eigenvalue weighted by Crippen LogP contribution is 2.25. The Kier molecular flexibility index (Phi) is 7.99. The number of para-hydroxylation sites is 1. The van der Waals surface area contributed by atoms with Crippen molar-refractivity contribution < 1.29 is 18.9 Å². The van der Waals surface area contributed by atoms with Crippen LogP contribution in [0.5, 0.6) is 0 Å². The van der Waals surface area contributed by atoms with E-state index in [9.17, 15) is 18.9 Å². The molecule has 2 N–H and O–H groups in total. The standard InChI is InChI=1S/C32H28N2O4S/c35-31(20-23-6-2-1-3-7-23)33-29(32(36)37)22-39(38)21-24-10-12-25(13-11-24)26-14-16-28(17-15-26)34-19-18-27-8-4-5-9-30(27)34/h1-19,29H,20-22H2,(H,33,35)(H,36,37)/t29-,39?/m0/s1. The van der Waals surface area contributed by atoms with Gasteiger partial charge in [0.05, 0.1) is 17.7 Å². The van der Waals surface area contributed by atoms with Gasteiger partial charge in [-0.05, 0) is 51.9 Å². The van der Waals surface area contributed by atoms with Crippen LogP contribution in [0.25, 0.3) is 27.7 Å². The molecule has 0 aliphatic heterocycles. The maximum Gasteiger partial charge on any atom is 0.327 e. The highest BCUT2D eigenvalue weighted by molar-refractivity contribution is 7.84. The molecule has 0 spiro atoms. The van der Waals surface area contributed by atoms with Crippen LogP contribution in [0, 0.1) is 0 Å². The summed E-state index contributed by atoms with van der Waals surface area (Å²) < 4.78 is 14.9.